The van der Waals surface area contributed by atoms with E-state index in [9.17, 15) is 4.79 Å². The van der Waals surface area contributed by atoms with Crippen LogP contribution in [0.3, 0.4) is 0 Å². The van der Waals surface area contributed by atoms with Crippen LogP contribution >= 0.6 is 0 Å². The Labute approximate surface area is 117 Å². The molecule has 1 aromatic carbocycles. The second-order valence-electron chi connectivity index (χ2n) is 5.15. The standard InChI is InChI=1S/C15H18N4O/c16-14-8-9-19(18-14)10-15(20)17-13-7-3-5-11-4-1-2-6-12(11)13/h1-2,4,6,8-9,13H,3,5,7,10H2,(H2,16,18)(H,17,20). The zero-order valence-corrected chi connectivity index (χ0v) is 11.2. The van der Waals surface area contributed by atoms with Crippen LogP contribution in [0.2, 0.25) is 0 Å². The van der Waals surface area contributed by atoms with Crippen molar-refractivity contribution in [3.8, 4) is 0 Å². The average Bonchev–Trinajstić information content (AvgIpc) is 2.84. The molecule has 1 aliphatic rings. The predicted octanol–water partition coefficient (Wildman–Crippen LogP) is 1.66. The first-order chi connectivity index (χ1) is 9.72. The Morgan fingerprint density at radius 1 is 1.40 bits per heavy atom. The average molecular weight is 270 g/mol. The number of nitrogens with two attached hydrogens (primary N) is 1. The summed E-state index contributed by atoms with van der Waals surface area (Å²) in [5.74, 6) is 0.399. The summed E-state index contributed by atoms with van der Waals surface area (Å²) in [6, 6.07) is 10.1. The summed E-state index contributed by atoms with van der Waals surface area (Å²) in [5.41, 5.74) is 8.12. The lowest BCUT2D eigenvalue weighted by atomic mass is 9.88. The lowest BCUT2D eigenvalue weighted by molar-refractivity contribution is -0.122. The first-order valence-electron chi connectivity index (χ1n) is 6.88. The Balaban J connectivity index is 1.68. The van der Waals surface area contributed by atoms with Crippen molar-refractivity contribution in [2.45, 2.75) is 31.8 Å². The number of rotatable bonds is 3. The number of nitrogens with one attached hydrogen (secondary N) is 1. The van der Waals surface area contributed by atoms with E-state index in [1.165, 1.54) is 11.1 Å². The number of fused-ring (bicyclic) bond motifs is 1. The number of aromatic nitrogens is 2. The lowest BCUT2D eigenvalue weighted by Crippen LogP contribution is -2.33. The molecule has 1 heterocycles. The van der Waals surface area contributed by atoms with Gasteiger partial charge in [-0.25, -0.2) is 0 Å². The molecule has 1 amide bonds. The van der Waals surface area contributed by atoms with E-state index in [1.807, 2.05) is 6.07 Å². The molecule has 5 heteroatoms. The Kier molecular flexibility index (Phi) is 3.41. The van der Waals surface area contributed by atoms with Crippen LogP contribution in [-0.4, -0.2) is 15.7 Å². The van der Waals surface area contributed by atoms with Gasteiger partial charge in [0.2, 0.25) is 5.91 Å². The number of hydrogen-bond donors (Lipinski definition) is 2. The Bertz CT molecular complexity index is 620. The van der Waals surface area contributed by atoms with Crippen LogP contribution in [0.4, 0.5) is 5.82 Å². The molecular formula is C15H18N4O. The van der Waals surface area contributed by atoms with Crippen LogP contribution in [0.1, 0.15) is 30.0 Å². The van der Waals surface area contributed by atoms with Gasteiger partial charge in [0.25, 0.3) is 0 Å². The molecule has 0 saturated heterocycles. The molecule has 3 N–H and O–H groups in total. The smallest absolute Gasteiger partial charge is 0.242 e. The van der Waals surface area contributed by atoms with Gasteiger partial charge in [0.15, 0.2) is 0 Å². The fourth-order valence-corrected chi connectivity index (χ4v) is 2.76. The van der Waals surface area contributed by atoms with Crippen molar-refractivity contribution >= 4 is 11.7 Å². The highest BCUT2D eigenvalue weighted by Crippen LogP contribution is 2.29. The summed E-state index contributed by atoms with van der Waals surface area (Å²) in [5, 5.41) is 7.11. The summed E-state index contributed by atoms with van der Waals surface area (Å²) in [6.45, 7) is 0.204. The fraction of sp³-hybridized carbons (Fsp3) is 0.333. The molecule has 0 radical (unpaired) electrons. The molecule has 0 fully saturated rings. The number of nitrogen functional groups attached to an aromatic ring is 1. The van der Waals surface area contributed by atoms with Crippen molar-refractivity contribution < 1.29 is 4.79 Å². The van der Waals surface area contributed by atoms with E-state index in [0.29, 0.717) is 5.82 Å². The van der Waals surface area contributed by atoms with E-state index < -0.39 is 0 Å². The van der Waals surface area contributed by atoms with Gasteiger partial charge in [0, 0.05) is 6.20 Å². The molecule has 1 aromatic heterocycles. The fourth-order valence-electron chi connectivity index (χ4n) is 2.76. The van der Waals surface area contributed by atoms with Gasteiger partial charge in [-0.2, -0.15) is 5.10 Å². The summed E-state index contributed by atoms with van der Waals surface area (Å²) in [4.78, 5) is 12.1. The highest BCUT2D eigenvalue weighted by Gasteiger charge is 2.21. The molecule has 0 saturated carbocycles. The summed E-state index contributed by atoms with van der Waals surface area (Å²) in [7, 11) is 0. The number of carbonyl (C=O) groups is 1. The molecule has 104 valence electrons. The molecule has 2 aromatic rings. The van der Waals surface area contributed by atoms with Gasteiger partial charge in [0.1, 0.15) is 12.4 Å². The van der Waals surface area contributed by atoms with Crippen LogP contribution in [0.25, 0.3) is 0 Å². The van der Waals surface area contributed by atoms with Crippen LogP contribution in [-0.2, 0) is 17.8 Å². The Morgan fingerprint density at radius 2 is 2.25 bits per heavy atom. The number of carbonyl (C=O) groups excluding carboxylic acids is 1. The summed E-state index contributed by atoms with van der Waals surface area (Å²) >= 11 is 0. The van der Waals surface area contributed by atoms with E-state index in [1.54, 1.807) is 16.9 Å². The number of hydrogen-bond acceptors (Lipinski definition) is 3. The van der Waals surface area contributed by atoms with Crippen LogP contribution in [0.15, 0.2) is 36.5 Å². The van der Waals surface area contributed by atoms with Gasteiger partial charge >= 0.3 is 0 Å². The molecule has 1 unspecified atom stereocenters. The quantitative estimate of drug-likeness (QED) is 0.891. The third-order valence-electron chi connectivity index (χ3n) is 3.67. The molecule has 1 atom stereocenters. The van der Waals surface area contributed by atoms with Crippen molar-refractivity contribution in [3.63, 3.8) is 0 Å². The van der Waals surface area contributed by atoms with Gasteiger partial charge in [-0.05, 0) is 36.5 Å². The maximum atomic E-state index is 12.1. The second-order valence-corrected chi connectivity index (χ2v) is 5.15. The minimum Gasteiger partial charge on any atom is -0.382 e. The minimum absolute atomic E-state index is 0.0326. The highest BCUT2D eigenvalue weighted by molar-refractivity contribution is 5.76. The number of amides is 1. The van der Waals surface area contributed by atoms with Gasteiger partial charge in [-0.1, -0.05) is 24.3 Å². The van der Waals surface area contributed by atoms with E-state index in [2.05, 4.69) is 28.6 Å². The van der Waals surface area contributed by atoms with E-state index in [-0.39, 0.29) is 18.5 Å². The number of benzene rings is 1. The van der Waals surface area contributed by atoms with Crippen LogP contribution in [0, 0.1) is 0 Å². The predicted molar refractivity (Wildman–Crippen MR) is 76.9 cm³/mol. The molecular weight excluding hydrogens is 252 g/mol. The van der Waals surface area contributed by atoms with Gasteiger partial charge < -0.3 is 11.1 Å². The third-order valence-corrected chi connectivity index (χ3v) is 3.67. The maximum Gasteiger partial charge on any atom is 0.242 e. The normalized spacial score (nSPS) is 17.5. The lowest BCUT2D eigenvalue weighted by Gasteiger charge is -2.26. The molecule has 0 spiro atoms. The van der Waals surface area contributed by atoms with Gasteiger partial charge in [0.05, 0.1) is 6.04 Å². The van der Waals surface area contributed by atoms with E-state index in [4.69, 9.17) is 5.73 Å². The van der Waals surface area contributed by atoms with Crippen molar-refractivity contribution in [2.24, 2.45) is 0 Å². The number of aryl methyl sites for hydroxylation is 1. The zero-order chi connectivity index (χ0) is 13.9. The van der Waals surface area contributed by atoms with Gasteiger partial charge in [-0.15, -0.1) is 0 Å². The Hall–Kier alpha value is -2.30. The monoisotopic (exact) mass is 270 g/mol. The second kappa shape index (κ2) is 5.36. The molecule has 5 nitrogen and oxygen atoms in total. The molecule has 3 rings (SSSR count). The number of anilines is 1. The van der Waals surface area contributed by atoms with E-state index in [0.717, 1.165) is 19.3 Å². The van der Waals surface area contributed by atoms with Gasteiger partial charge in [-0.3, -0.25) is 9.48 Å². The Morgan fingerprint density at radius 3 is 3.05 bits per heavy atom. The van der Waals surface area contributed by atoms with Crippen molar-refractivity contribution in [1.29, 1.82) is 0 Å². The molecule has 0 aliphatic heterocycles. The van der Waals surface area contributed by atoms with Crippen molar-refractivity contribution in [3.05, 3.63) is 47.7 Å². The maximum absolute atomic E-state index is 12.1. The topological polar surface area (TPSA) is 72.9 Å². The first kappa shape index (κ1) is 12.7. The zero-order valence-electron chi connectivity index (χ0n) is 11.2. The first-order valence-corrected chi connectivity index (χ1v) is 6.88. The highest BCUT2D eigenvalue weighted by atomic mass is 16.2. The molecule has 1 aliphatic carbocycles. The van der Waals surface area contributed by atoms with Crippen LogP contribution < -0.4 is 11.1 Å². The molecule has 20 heavy (non-hydrogen) atoms. The summed E-state index contributed by atoms with van der Waals surface area (Å²) in [6.07, 6.45) is 4.91. The summed E-state index contributed by atoms with van der Waals surface area (Å²) < 4.78 is 1.55. The molecule has 0 bridgehead atoms. The van der Waals surface area contributed by atoms with Crippen LogP contribution in [0.5, 0.6) is 0 Å². The number of nitrogens with zero attached hydrogens (tertiary/aromatic N) is 2. The SMILES string of the molecule is Nc1ccn(CC(=O)NC2CCCc3ccccc32)n1. The third kappa shape index (κ3) is 2.66. The minimum atomic E-state index is -0.0326. The van der Waals surface area contributed by atoms with Crippen molar-refractivity contribution in [1.82, 2.24) is 15.1 Å². The van der Waals surface area contributed by atoms with E-state index >= 15 is 0 Å². The largest absolute Gasteiger partial charge is 0.382 e. The van der Waals surface area contributed by atoms with Crippen molar-refractivity contribution in [2.75, 3.05) is 5.73 Å².